The lowest BCUT2D eigenvalue weighted by molar-refractivity contribution is -0.133. The number of hydrogen-bond acceptors (Lipinski definition) is 7. The number of morpholine rings is 1. The number of likely N-dealkylation sites (N-methyl/N-ethyl adjacent to an activating group) is 1. The van der Waals surface area contributed by atoms with E-state index in [0.717, 1.165) is 31.4 Å². The van der Waals surface area contributed by atoms with E-state index in [1.807, 2.05) is 0 Å². The minimum absolute atomic E-state index is 0.0429. The summed E-state index contributed by atoms with van der Waals surface area (Å²) in [6.45, 7) is 6.16. The Bertz CT molecular complexity index is 427. The third-order valence-electron chi connectivity index (χ3n) is 2.87. The predicted molar refractivity (Wildman–Crippen MR) is 68.0 cm³/mol. The van der Waals surface area contributed by atoms with E-state index < -0.39 is 5.97 Å². The zero-order valence-corrected chi connectivity index (χ0v) is 11.5. The van der Waals surface area contributed by atoms with Crippen LogP contribution < -0.4 is 0 Å². The molecule has 1 unspecified atom stereocenters. The largest absolute Gasteiger partial charge is 0.481 e. The van der Waals surface area contributed by atoms with E-state index in [1.54, 1.807) is 4.68 Å². The van der Waals surface area contributed by atoms with Gasteiger partial charge in [-0.2, -0.15) is 0 Å². The van der Waals surface area contributed by atoms with Crippen molar-refractivity contribution in [2.45, 2.75) is 24.7 Å². The highest BCUT2D eigenvalue weighted by Crippen LogP contribution is 2.15. The van der Waals surface area contributed by atoms with Gasteiger partial charge in [0.25, 0.3) is 0 Å². The summed E-state index contributed by atoms with van der Waals surface area (Å²) >= 11 is 1.12. The molecule has 1 atom stereocenters. The zero-order valence-electron chi connectivity index (χ0n) is 10.7. The molecule has 0 spiro atoms. The van der Waals surface area contributed by atoms with Gasteiger partial charge in [0.2, 0.25) is 5.16 Å². The van der Waals surface area contributed by atoms with Crippen molar-refractivity contribution in [1.29, 1.82) is 0 Å². The summed E-state index contributed by atoms with van der Waals surface area (Å²) < 4.78 is 7.29. The monoisotopic (exact) mass is 287 g/mol. The molecule has 2 heterocycles. The molecule has 1 aliphatic heterocycles. The number of nitrogens with zero attached hydrogens (tertiary/aromatic N) is 5. The van der Waals surface area contributed by atoms with Crippen LogP contribution in [0, 0.1) is 0 Å². The summed E-state index contributed by atoms with van der Waals surface area (Å²) in [6, 6.07) is 0. The van der Waals surface area contributed by atoms with Gasteiger partial charge < -0.3 is 9.84 Å². The Hall–Kier alpha value is -1.19. The molecular formula is C10H17N5O3S. The van der Waals surface area contributed by atoms with Crippen LogP contribution in [0.15, 0.2) is 5.16 Å². The first-order chi connectivity index (χ1) is 9.19. The Morgan fingerprint density at radius 3 is 3.21 bits per heavy atom. The number of thioether (sulfide) groups is 1. The molecular weight excluding hydrogens is 270 g/mol. The highest BCUT2D eigenvalue weighted by molar-refractivity contribution is 7.99. The lowest BCUT2D eigenvalue weighted by Crippen LogP contribution is -2.44. The molecule has 1 aromatic rings. The summed E-state index contributed by atoms with van der Waals surface area (Å²) in [7, 11) is 0. The van der Waals surface area contributed by atoms with Gasteiger partial charge >= 0.3 is 5.97 Å². The second kappa shape index (κ2) is 6.83. The first-order valence-corrected chi connectivity index (χ1v) is 7.12. The normalized spacial score (nSPS) is 20.6. The summed E-state index contributed by atoms with van der Waals surface area (Å²) in [5.41, 5.74) is 0. The fourth-order valence-electron chi connectivity index (χ4n) is 1.91. The Morgan fingerprint density at radius 2 is 2.47 bits per heavy atom. The molecule has 9 heteroatoms. The molecule has 0 bridgehead atoms. The molecule has 1 aliphatic rings. The van der Waals surface area contributed by atoms with Crippen molar-refractivity contribution >= 4 is 17.7 Å². The van der Waals surface area contributed by atoms with Crippen LogP contribution in [-0.4, -0.2) is 74.3 Å². The van der Waals surface area contributed by atoms with E-state index in [4.69, 9.17) is 9.84 Å². The first kappa shape index (κ1) is 14.2. The lowest BCUT2D eigenvalue weighted by atomic mass is 10.2. The molecule has 0 amide bonds. The van der Waals surface area contributed by atoms with Gasteiger partial charge in [-0.15, -0.1) is 5.10 Å². The average molecular weight is 287 g/mol. The predicted octanol–water partition coefficient (Wildman–Crippen LogP) is -0.429. The maximum absolute atomic E-state index is 10.5. The van der Waals surface area contributed by atoms with E-state index in [-0.39, 0.29) is 11.9 Å². The lowest BCUT2D eigenvalue weighted by Gasteiger charge is -2.31. The van der Waals surface area contributed by atoms with Crippen molar-refractivity contribution in [3.05, 3.63) is 0 Å². The Morgan fingerprint density at radius 1 is 1.63 bits per heavy atom. The third kappa shape index (κ3) is 4.15. The number of carbonyl (C=O) groups is 1. The second-order valence-corrected chi connectivity index (χ2v) is 5.15. The van der Waals surface area contributed by atoms with Crippen molar-refractivity contribution in [2.75, 3.05) is 32.0 Å². The Balaban J connectivity index is 1.91. The van der Waals surface area contributed by atoms with E-state index >= 15 is 0 Å². The number of tetrazole rings is 1. The van der Waals surface area contributed by atoms with Gasteiger partial charge in [-0.1, -0.05) is 18.7 Å². The van der Waals surface area contributed by atoms with Crippen molar-refractivity contribution < 1.29 is 14.6 Å². The molecule has 8 nitrogen and oxygen atoms in total. The van der Waals surface area contributed by atoms with Crippen LogP contribution in [0.25, 0.3) is 0 Å². The minimum Gasteiger partial charge on any atom is -0.481 e. The summed E-state index contributed by atoms with van der Waals surface area (Å²) in [5, 5.41) is 20.5. The molecule has 106 valence electrons. The van der Waals surface area contributed by atoms with Crippen LogP contribution in [0.1, 0.15) is 6.92 Å². The summed E-state index contributed by atoms with van der Waals surface area (Å²) in [6.07, 6.45) is 0.0429. The smallest absolute Gasteiger partial charge is 0.313 e. The van der Waals surface area contributed by atoms with Crippen molar-refractivity contribution in [2.24, 2.45) is 0 Å². The Labute approximate surface area is 115 Å². The number of carboxylic acid groups (broad SMARTS) is 1. The SMILES string of the molecule is CCN1CCOC(Cn2nnnc2SCC(=O)O)C1. The quantitative estimate of drug-likeness (QED) is 0.705. The number of carboxylic acids is 1. The fourth-order valence-corrected chi connectivity index (χ4v) is 2.52. The van der Waals surface area contributed by atoms with Gasteiger partial charge in [-0.3, -0.25) is 9.69 Å². The van der Waals surface area contributed by atoms with Gasteiger partial charge in [0.05, 0.1) is 25.0 Å². The Kier molecular flexibility index (Phi) is 5.11. The number of aromatic nitrogens is 4. The molecule has 0 aromatic carbocycles. The maximum atomic E-state index is 10.5. The first-order valence-electron chi connectivity index (χ1n) is 6.13. The molecule has 1 saturated heterocycles. The van der Waals surface area contributed by atoms with Crippen LogP contribution in [0.5, 0.6) is 0 Å². The van der Waals surface area contributed by atoms with Gasteiger partial charge in [-0.25, -0.2) is 4.68 Å². The van der Waals surface area contributed by atoms with Crippen molar-refractivity contribution in [1.82, 2.24) is 25.1 Å². The molecule has 1 aromatic heterocycles. The molecule has 19 heavy (non-hydrogen) atoms. The number of rotatable bonds is 6. The topological polar surface area (TPSA) is 93.4 Å². The molecule has 1 fully saturated rings. The summed E-state index contributed by atoms with van der Waals surface area (Å²) in [5.74, 6) is -0.932. The third-order valence-corrected chi connectivity index (χ3v) is 3.81. The zero-order chi connectivity index (χ0) is 13.7. The molecule has 1 N–H and O–H groups in total. The van der Waals surface area contributed by atoms with Crippen LogP contribution in [0.3, 0.4) is 0 Å². The maximum Gasteiger partial charge on any atom is 0.313 e. The number of ether oxygens (including phenoxy) is 1. The number of hydrogen-bond donors (Lipinski definition) is 1. The molecule has 0 saturated carbocycles. The van der Waals surface area contributed by atoms with Gasteiger partial charge in [0.1, 0.15) is 0 Å². The molecule has 2 rings (SSSR count). The van der Waals surface area contributed by atoms with E-state index in [0.29, 0.717) is 18.3 Å². The highest BCUT2D eigenvalue weighted by atomic mass is 32.2. The van der Waals surface area contributed by atoms with Crippen LogP contribution in [-0.2, 0) is 16.1 Å². The van der Waals surface area contributed by atoms with E-state index in [1.165, 1.54) is 0 Å². The fraction of sp³-hybridized carbons (Fsp3) is 0.800. The summed E-state index contributed by atoms with van der Waals surface area (Å²) in [4.78, 5) is 12.9. The van der Waals surface area contributed by atoms with Gasteiger partial charge in [0, 0.05) is 13.1 Å². The van der Waals surface area contributed by atoms with Gasteiger partial charge in [0.15, 0.2) is 0 Å². The van der Waals surface area contributed by atoms with Crippen molar-refractivity contribution in [3.8, 4) is 0 Å². The molecule has 0 aliphatic carbocycles. The average Bonchev–Trinajstić information content (AvgIpc) is 2.84. The van der Waals surface area contributed by atoms with E-state index in [9.17, 15) is 4.79 Å². The highest BCUT2D eigenvalue weighted by Gasteiger charge is 2.21. The second-order valence-electron chi connectivity index (χ2n) is 4.21. The van der Waals surface area contributed by atoms with Gasteiger partial charge in [-0.05, 0) is 17.0 Å². The van der Waals surface area contributed by atoms with Crippen LogP contribution >= 0.6 is 11.8 Å². The van der Waals surface area contributed by atoms with E-state index in [2.05, 4.69) is 27.3 Å². The molecule has 0 radical (unpaired) electrons. The number of aliphatic carboxylic acids is 1. The minimum atomic E-state index is -0.884. The van der Waals surface area contributed by atoms with Crippen LogP contribution in [0.2, 0.25) is 0 Å². The standard InChI is InChI=1S/C10H17N5O3S/c1-2-14-3-4-18-8(5-14)6-15-10(11-12-13-15)19-7-9(16)17/h8H,2-7H2,1H3,(H,16,17). The van der Waals surface area contributed by atoms with Crippen molar-refractivity contribution in [3.63, 3.8) is 0 Å². The van der Waals surface area contributed by atoms with Crippen LogP contribution in [0.4, 0.5) is 0 Å².